The lowest BCUT2D eigenvalue weighted by Crippen LogP contribution is -2.44. The number of ketones is 2. The van der Waals surface area contributed by atoms with Gasteiger partial charge in [0.15, 0.2) is 11.6 Å². The Balaban J connectivity index is 2.45. The lowest BCUT2D eigenvalue weighted by atomic mass is 9.91. The van der Waals surface area contributed by atoms with Gasteiger partial charge in [0, 0.05) is 11.1 Å². The van der Waals surface area contributed by atoms with Crippen molar-refractivity contribution in [3.05, 3.63) is 72.1 Å². The topological polar surface area (TPSA) is 158 Å². The van der Waals surface area contributed by atoms with Crippen LogP contribution in [0, 0.1) is 11.2 Å². The summed E-state index contributed by atoms with van der Waals surface area (Å²) in [6.07, 6.45) is 6.13. The fourth-order valence-corrected chi connectivity index (χ4v) is 5.31. The minimum absolute atomic E-state index is 0.0631. The molecular weight excluding hydrogens is 739 g/mol. The molecule has 312 valence electrons. The molecule has 0 aliphatic rings. The molecular formula is C44H57FO12. The molecule has 0 atom stereocenters. The number of carbonyl (C=O) groups excluding carboxylic acids is 6. The molecule has 2 aromatic carbocycles. The van der Waals surface area contributed by atoms with E-state index < -0.39 is 79.3 Å². The van der Waals surface area contributed by atoms with E-state index >= 15 is 4.39 Å². The molecule has 12 nitrogen and oxygen atoms in total. The van der Waals surface area contributed by atoms with Crippen LogP contribution < -0.4 is 9.47 Å². The second-order valence-corrected chi connectivity index (χ2v) is 14.3. The fourth-order valence-electron chi connectivity index (χ4n) is 5.31. The smallest absolute Gasteiger partial charge is 0.333 e. The first kappa shape index (κ1) is 47.8. The monoisotopic (exact) mass is 796 g/mol. The fraction of sp³-hybridized carbons (Fsp3) is 0.500. The van der Waals surface area contributed by atoms with Gasteiger partial charge in [0.2, 0.25) is 0 Å². The summed E-state index contributed by atoms with van der Waals surface area (Å²) in [7, 11) is 0. The summed E-state index contributed by atoms with van der Waals surface area (Å²) < 4.78 is 48.8. The van der Waals surface area contributed by atoms with Gasteiger partial charge in [0.25, 0.3) is 0 Å². The van der Waals surface area contributed by atoms with Crippen molar-refractivity contribution in [2.45, 2.75) is 98.8 Å². The van der Waals surface area contributed by atoms with Gasteiger partial charge in [-0.15, -0.1) is 0 Å². The van der Waals surface area contributed by atoms with Crippen LogP contribution in [0.15, 0.2) is 60.7 Å². The van der Waals surface area contributed by atoms with Gasteiger partial charge in [0.1, 0.15) is 62.0 Å². The highest BCUT2D eigenvalue weighted by Crippen LogP contribution is 2.32. The van der Waals surface area contributed by atoms with Gasteiger partial charge in [-0.3, -0.25) is 19.2 Å². The predicted octanol–water partition coefficient (Wildman–Crippen LogP) is 7.81. The van der Waals surface area contributed by atoms with Crippen molar-refractivity contribution >= 4 is 35.4 Å². The summed E-state index contributed by atoms with van der Waals surface area (Å²) in [5, 5.41) is 0. The second-order valence-electron chi connectivity index (χ2n) is 14.3. The first-order chi connectivity index (χ1) is 27.1. The summed E-state index contributed by atoms with van der Waals surface area (Å²) >= 11 is 0. The summed E-state index contributed by atoms with van der Waals surface area (Å²) in [6.45, 7) is 13.4. The van der Waals surface area contributed by atoms with E-state index in [1.54, 1.807) is 30.3 Å². The van der Waals surface area contributed by atoms with Crippen LogP contribution in [0.3, 0.4) is 0 Å². The highest BCUT2D eigenvalue weighted by atomic mass is 19.1. The summed E-state index contributed by atoms with van der Waals surface area (Å²) in [5.74, 6) is -3.97. The number of Topliss-reactive ketones (excluding diaryl/α,β-unsaturated/α-hetero) is 2. The van der Waals surface area contributed by atoms with Crippen LogP contribution in [0.2, 0.25) is 0 Å². The molecule has 0 radical (unpaired) electrons. The van der Waals surface area contributed by atoms with E-state index in [1.165, 1.54) is 46.6 Å². The number of ether oxygens (including phenoxy) is 6. The maximum atomic E-state index is 15.3. The minimum atomic E-state index is -1.52. The van der Waals surface area contributed by atoms with Crippen LogP contribution in [-0.4, -0.2) is 75.1 Å². The van der Waals surface area contributed by atoms with Crippen LogP contribution in [0.4, 0.5) is 4.39 Å². The average Bonchev–Trinajstić information content (AvgIpc) is 3.15. The summed E-state index contributed by atoms with van der Waals surface area (Å²) in [6, 6.07) is 9.89. The Labute approximate surface area is 335 Å². The Hall–Kier alpha value is -5.33. The van der Waals surface area contributed by atoms with Gasteiger partial charge in [-0.1, -0.05) is 64.3 Å². The Kier molecular flexibility index (Phi) is 21.0. The Morgan fingerprint density at radius 1 is 0.596 bits per heavy atom. The van der Waals surface area contributed by atoms with Crippen molar-refractivity contribution in [3.8, 4) is 22.6 Å². The normalized spacial score (nSPS) is 10.9. The molecule has 13 heteroatoms. The lowest BCUT2D eigenvalue weighted by Gasteiger charge is -2.32. The molecule has 0 aliphatic carbocycles. The molecule has 57 heavy (non-hydrogen) atoms. The van der Waals surface area contributed by atoms with Crippen molar-refractivity contribution in [3.63, 3.8) is 0 Å². The molecule has 0 saturated carbocycles. The number of halogens is 1. The molecule has 2 aromatic rings. The highest BCUT2D eigenvalue weighted by molar-refractivity contribution is 5.94. The SMILES string of the molecule is C=C(C)C(=O)OCCCc1cc(-c2ccc(OCCCCCCCC)c(F)c2)ccc1OCC(COC(=O)CC(C)=O)(COC(=O)CC(C)=O)COC(=O)C(=C)C. The van der Waals surface area contributed by atoms with E-state index in [0.29, 0.717) is 41.9 Å². The molecule has 0 bridgehead atoms. The molecule has 0 spiro atoms. The van der Waals surface area contributed by atoms with Gasteiger partial charge < -0.3 is 28.4 Å². The van der Waals surface area contributed by atoms with Crippen molar-refractivity contribution in [1.29, 1.82) is 0 Å². The standard InChI is InChI=1S/C44H57FO12/c1-8-9-10-11-12-13-20-52-39-19-17-35(25-37(39)45)34-16-18-38(36(24-34)15-14-21-53-42(50)30(2)3)54-26-44(29-57-43(51)31(4)5,27-55-40(48)22-32(6)46)28-56-41(49)23-33(7)47/h16-19,24-25H,2,4,8-15,20-23,26-29H2,1,3,5-7H3. The van der Waals surface area contributed by atoms with Gasteiger partial charge in [-0.2, -0.15) is 0 Å². The van der Waals surface area contributed by atoms with E-state index in [0.717, 1.165) is 25.7 Å². The number of carbonyl (C=O) groups is 6. The second kappa shape index (κ2) is 25.0. The van der Waals surface area contributed by atoms with Crippen molar-refractivity contribution in [2.75, 3.05) is 39.6 Å². The highest BCUT2D eigenvalue weighted by Gasteiger charge is 2.38. The number of hydrogen-bond acceptors (Lipinski definition) is 12. The van der Waals surface area contributed by atoms with Gasteiger partial charge in [-0.25, -0.2) is 14.0 Å². The zero-order valence-electron chi connectivity index (χ0n) is 34.0. The van der Waals surface area contributed by atoms with Crippen molar-refractivity contribution < 1.29 is 61.6 Å². The van der Waals surface area contributed by atoms with Gasteiger partial charge in [-0.05, 0) is 87.9 Å². The molecule has 2 rings (SSSR count). The molecule has 0 saturated heterocycles. The van der Waals surface area contributed by atoms with Crippen LogP contribution in [0.1, 0.15) is 98.0 Å². The zero-order valence-corrected chi connectivity index (χ0v) is 34.0. The van der Waals surface area contributed by atoms with Crippen molar-refractivity contribution in [2.24, 2.45) is 5.41 Å². The van der Waals surface area contributed by atoms with E-state index in [-0.39, 0.29) is 30.1 Å². The van der Waals surface area contributed by atoms with Crippen LogP contribution in [0.25, 0.3) is 11.1 Å². The minimum Gasteiger partial charge on any atom is -0.492 e. The number of hydrogen-bond donors (Lipinski definition) is 0. The first-order valence-corrected chi connectivity index (χ1v) is 19.2. The Morgan fingerprint density at radius 2 is 1.12 bits per heavy atom. The number of rotatable bonds is 28. The van der Waals surface area contributed by atoms with E-state index in [9.17, 15) is 28.8 Å². The van der Waals surface area contributed by atoms with E-state index in [2.05, 4.69) is 20.1 Å². The van der Waals surface area contributed by atoms with Crippen LogP contribution >= 0.6 is 0 Å². The maximum absolute atomic E-state index is 15.3. The summed E-state index contributed by atoms with van der Waals surface area (Å²) in [4.78, 5) is 72.7. The Bertz CT molecular complexity index is 1700. The molecule has 0 fully saturated rings. The van der Waals surface area contributed by atoms with E-state index in [4.69, 9.17) is 28.4 Å². The lowest BCUT2D eigenvalue weighted by molar-refractivity contribution is -0.163. The molecule has 0 aromatic heterocycles. The Morgan fingerprint density at radius 3 is 1.68 bits per heavy atom. The molecule has 0 unspecified atom stereocenters. The van der Waals surface area contributed by atoms with Crippen LogP contribution in [-0.2, 0) is 54.1 Å². The summed E-state index contributed by atoms with van der Waals surface area (Å²) in [5.41, 5.74) is 0.640. The maximum Gasteiger partial charge on any atom is 0.333 e. The number of benzene rings is 2. The predicted molar refractivity (Wildman–Crippen MR) is 211 cm³/mol. The molecule has 0 N–H and O–H groups in total. The van der Waals surface area contributed by atoms with E-state index in [1.807, 2.05) is 0 Å². The molecule has 0 heterocycles. The third-order valence-corrected chi connectivity index (χ3v) is 8.51. The quantitative estimate of drug-likeness (QED) is 0.0271. The third kappa shape index (κ3) is 18.4. The zero-order chi connectivity index (χ0) is 42.4. The average molecular weight is 797 g/mol. The van der Waals surface area contributed by atoms with Gasteiger partial charge in [0.05, 0.1) is 13.2 Å². The number of esters is 4. The number of unbranched alkanes of at least 4 members (excludes halogenated alkanes) is 5. The van der Waals surface area contributed by atoms with Crippen LogP contribution in [0.5, 0.6) is 11.5 Å². The molecule has 0 aliphatic heterocycles. The van der Waals surface area contributed by atoms with Gasteiger partial charge >= 0.3 is 23.9 Å². The number of aryl methyl sites for hydroxylation is 1. The largest absolute Gasteiger partial charge is 0.492 e. The first-order valence-electron chi connectivity index (χ1n) is 19.2. The molecule has 0 amide bonds. The third-order valence-electron chi connectivity index (χ3n) is 8.51. The van der Waals surface area contributed by atoms with Crippen molar-refractivity contribution in [1.82, 2.24) is 0 Å².